The molecule has 0 aliphatic carbocycles. The number of amides is 1. The largest absolute Gasteiger partial charge is 0.355 e. The minimum absolute atomic E-state index is 0. The Kier molecular flexibility index (Phi) is 6.27. The van der Waals surface area contributed by atoms with Crippen molar-refractivity contribution in [2.75, 3.05) is 12.2 Å². The van der Waals surface area contributed by atoms with Gasteiger partial charge in [0.05, 0.1) is 18.1 Å². The number of carbonyl (C=O) groups excluding carboxylic acids is 1. The maximum atomic E-state index is 11.7. The molecule has 0 radical (unpaired) electrons. The number of halogens is 1. The lowest BCUT2D eigenvalue weighted by molar-refractivity contribution is -0.122. The number of aromatic amines is 1. The van der Waals surface area contributed by atoms with E-state index in [2.05, 4.69) is 9.97 Å². The van der Waals surface area contributed by atoms with E-state index in [0.29, 0.717) is 5.69 Å². The molecule has 0 bridgehead atoms. The smallest absolute Gasteiger partial charge is 0.264 e. The molecule has 0 unspecified atom stereocenters. The lowest BCUT2D eigenvalue weighted by Crippen LogP contribution is -2.42. The summed E-state index contributed by atoms with van der Waals surface area (Å²) in [5, 5.41) is 2.00. The summed E-state index contributed by atoms with van der Waals surface area (Å²) in [7, 11) is -4.29. The number of nitrogens with zero attached hydrogens (tertiary/aromatic N) is 1. The van der Waals surface area contributed by atoms with Crippen LogP contribution in [-0.2, 0) is 21.3 Å². The number of nitrogens with two attached hydrogens (primary N) is 1. The first kappa shape index (κ1) is 14.4. The first-order chi connectivity index (χ1) is 9.09. The van der Waals surface area contributed by atoms with Gasteiger partial charge in [-0.25, -0.2) is 4.98 Å². The Labute approximate surface area is 124 Å². The number of hydrogen-bond acceptors (Lipinski definition) is 5. The Morgan fingerprint density at radius 3 is 2.89 bits per heavy atom. The summed E-state index contributed by atoms with van der Waals surface area (Å²) in [5.41, 5.74) is 6.22. The van der Waals surface area contributed by atoms with Gasteiger partial charge in [-0.1, -0.05) is 0 Å². The highest BCUT2D eigenvalue weighted by molar-refractivity contribution is 8.93. The van der Waals surface area contributed by atoms with Crippen LogP contribution in [0.1, 0.15) is 14.9 Å². The van der Waals surface area contributed by atoms with E-state index in [1.165, 1.54) is 12.5 Å². The van der Waals surface area contributed by atoms with Crippen LogP contribution in [0.3, 0.4) is 0 Å². The molecule has 1 heterocycles. The molecule has 0 saturated carbocycles. The van der Waals surface area contributed by atoms with Crippen LogP contribution in [0.15, 0.2) is 12.5 Å². The number of imidazole rings is 1. The van der Waals surface area contributed by atoms with E-state index in [-0.39, 0.29) is 23.4 Å². The Bertz CT molecular complexity index is 552. The molecule has 5 N–H and O–H groups in total. The number of rotatable bonds is 7. The minimum Gasteiger partial charge on any atom is -0.355 e. The summed E-state index contributed by atoms with van der Waals surface area (Å²) >= 11 is 0. The van der Waals surface area contributed by atoms with Crippen molar-refractivity contribution < 1.29 is 20.5 Å². The number of aromatic nitrogens is 2. The summed E-state index contributed by atoms with van der Waals surface area (Å²) in [6.07, 6.45) is 2.47. The second-order valence-corrected chi connectivity index (χ2v) is 5.16. The average molecular weight is 359 g/mol. The molecule has 1 aromatic rings. The van der Waals surface area contributed by atoms with Crippen LogP contribution in [0, 0.1) is 0 Å². The van der Waals surface area contributed by atoms with Crippen molar-refractivity contribution in [3.63, 3.8) is 0 Å². The third-order valence-electron chi connectivity index (χ3n) is 2.03. The van der Waals surface area contributed by atoms with E-state index >= 15 is 0 Å². The minimum atomic E-state index is -4.29. The van der Waals surface area contributed by atoms with Gasteiger partial charge in [-0.2, -0.15) is 8.42 Å². The summed E-state index contributed by atoms with van der Waals surface area (Å²) in [6.45, 7) is -2.28. The molecule has 0 aliphatic rings. The molecule has 0 fully saturated rings. The van der Waals surface area contributed by atoms with Crippen molar-refractivity contribution in [3.05, 3.63) is 18.2 Å². The van der Waals surface area contributed by atoms with E-state index in [4.69, 9.17) is 13.0 Å². The summed E-state index contributed by atoms with van der Waals surface area (Å²) in [4.78, 5) is 18.2. The molecule has 0 aliphatic heterocycles. The molecule has 1 atom stereocenters. The predicted octanol–water partition coefficient (Wildman–Crippen LogP) is -0.748. The molecule has 110 valence electrons. The standard InChI is InChI=1S/C9H16N4O4S.BrH/c10-8(4-7-5-11-6-13-7)9(14)12-2-1-3-18(15,16)17;/h5-6,8H,1-4,10H2,(H,11,13)(H,12,14)(H,15,16,17);1H/t8-;/m0./s1/i2D2;. The van der Waals surface area contributed by atoms with Gasteiger partial charge in [-0.05, 0) is 6.42 Å². The lowest BCUT2D eigenvalue weighted by atomic mass is 10.1. The number of carbonyl (C=O) groups is 1. The van der Waals surface area contributed by atoms with Crippen molar-refractivity contribution in [1.82, 2.24) is 15.3 Å². The molecular weight excluding hydrogens is 340 g/mol. The first-order valence-corrected chi connectivity index (χ1v) is 6.70. The topological polar surface area (TPSA) is 138 Å². The number of hydrogen-bond donors (Lipinski definition) is 4. The van der Waals surface area contributed by atoms with Gasteiger partial charge in [0.2, 0.25) is 5.91 Å². The Morgan fingerprint density at radius 2 is 2.37 bits per heavy atom. The molecule has 1 amide bonds. The Morgan fingerprint density at radius 1 is 1.68 bits per heavy atom. The van der Waals surface area contributed by atoms with Crippen LogP contribution >= 0.6 is 17.0 Å². The van der Waals surface area contributed by atoms with Gasteiger partial charge in [0, 0.05) is 27.5 Å². The zero-order valence-electron chi connectivity index (χ0n) is 11.9. The Hall–Kier alpha value is -0.970. The quantitative estimate of drug-likeness (QED) is 0.473. The van der Waals surface area contributed by atoms with Crippen LogP contribution in [0.5, 0.6) is 0 Å². The zero-order chi connectivity index (χ0) is 15.4. The molecule has 0 aromatic carbocycles. The molecule has 1 rings (SSSR count). The van der Waals surface area contributed by atoms with Crippen molar-refractivity contribution >= 4 is 33.0 Å². The summed E-state index contributed by atoms with van der Waals surface area (Å²) in [5.74, 6) is -1.56. The highest BCUT2D eigenvalue weighted by Crippen LogP contribution is 1.96. The van der Waals surface area contributed by atoms with E-state index in [1.807, 2.05) is 5.32 Å². The van der Waals surface area contributed by atoms with Crippen molar-refractivity contribution in [1.29, 1.82) is 0 Å². The first-order valence-electron chi connectivity index (χ1n) is 6.09. The second kappa shape index (κ2) is 8.25. The molecule has 19 heavy (non-hydrogen) atoms. The third-order valence-corrected chi connectivity index (χ3v) is 2.75. The fourth-order valence-electron chi connectivity index (χ4n) is 1.15. The number of nitrogens with one attached hydrogen (secondary N) is 2. The van der Waals surface area contributed by atoms with Gasteiger partial charge in [0.1, 0.15) is 0 Å². The lowest BCUT2D eigenvalue weighted by Gasteiger charge is -2.10. The molecule has 0 saturated heterocycles. The SMILES string of the molecule is Br.[2H]C([2H])(CCS(=O)(=O)O)NC(=O)[C@@H](N)Cc1cnc[nH]1. The van der Waals surface area contributed by atoms with Crippen LogP contribution < -0.4 is 11.1 Å². The van der Waals surface area contributed by atoms with Gasteiger partial charge in [-0.15, -0.1) is 17.0 Å². The highest BCUT2D eigenvalue weighted by Gasteiger charge is 2.14. The van der Waals surface area contributed by atoms with Gasteiger partial charge in [-0.3, -0.25) is 9.35 Å². The van der Waals surface area contributed by atoms with E-state index in [0.717, 1.165) is 0 Å². The summed E-state index contributed by atoms with van der Waals surface area (Å²) < 4.78 is 44.6. The average Bonchev–Trinajstić information content (AvgIpc) is 2.78. The van der Waals surface area contributed by atoms with Crippen LogP contribution in [0.4, 0.5) is 0 Å². The highest BCUT2D eigenvalue weighted by atomic mass is 79.9. The Balaban J connectivity index is 0.00000400. The molecule has 10 heteroatoms. The monoisotopic (exact) mass is 358 g/mol. The zero-order valence-corrected chi connectivity index (χ0v) is 12.4. The summed E-state index contributed by atoms with van der Waals surface area (Å²) in [6, 6.07) is -1.00. The normalized spacial score (nSPS) is 14.8. The van der Waals surface area contributed by atoms with Crippen molar-refractivity contribution in [2.45, 2.75) is 18.9 Å². The van der Waals surface area contributed by atoms with Crippen molar-refractivity contribution in [3.8, 4) is 0 Å². The maximum absolute atomic E-state index is 11.7. The van der Waals surface area contributed by atoms with Crippen LogP contribution in [0.25, 0.3) is 0 Å². The van der Waals surface area contributed by atoms with E-state index in [9.17, 15) is 13.2 Å². The molecule has 1 aromatic heterocycles. The second-order valence-electron chi connectivity index (χ2n) is 3.59. The van der Waals surface area contributed by atoms with Crippen LogP contribution in [0.2, 0.25) is 0 Å². The third kappa shape index (κ3) is 7.93. The maximum Gasteiger partial charge on any atom is 0.264 e. The molecule has 0 spiro atoms. The van der Waals surface area contributed by atoms with Gasteiger partial charge >= 0.3 is 0 Å². The fraction of sp³-hybridized carbons (Fsp3) is 0.556. The number of H-pyrrole nitrogens is 1. The predicted molar refractivity (Wildman–Crippen MR) is 74.6 cm³/mol. The molecular formula is C9H17BrN4O4S. The van der Waals surface area contributed by atoms with E-state index in [1.54, 1.807) is 0 Å². The van der Waals surface area contributed by atoms with Gasteiger partial charge in [0.25, 0.3) is 10.1 Å². The van der Waals surface area contributed by atoms with E-state index < -0.39 is 40.7 Å². The fourth-order valence-corrected chi connectivity index (χ4v) is 1.51. The van der Waals surface area contributed by atoms with Gasteiger partial charge < -0.3 is 16.0 Å². The van der Waals surface area contributed by atoms with Crippen LogP contribution in [-0.4, -0.2) is 47.1 Å². The van der Waals surface area contributed by atoms with Gasteiger partial charge in [0.15, 0.2) is 0 Å². The molecule has 8 nitrogen and oxygen atoms in total. The van der Waals surface area contributed by atoms with Crippen molar-refractivity contribution in [2.24, 2.45) is 5.73 Å².